The molecular weight excluding hydrogens is 296 g/mol. The van der Waals surface area contributed by atoms with E-state index in [-0.39, 0.29) is 19.0 Å². The van der Waals surface area contributed by atoms with Gasteiger partial charge in [0.1, 0.15) is 5.60 Å². The summed E-state index contributed by atoms with van der Waals surface area (Å²) in [4.78, 5) is 12.8. The van der Waals surface area contributed by atoms with Crippen molar-refractivity contribution in [3.05, 3.63) is 51.7 Å². The molecule has 22 heavy (non-hydrogen) atoms. The van der Waals surface area contributed by atoms with Crippen LogP contribution in [0.4, 0.5) is 5.69 Å². The van der Waals surface area contributed by atoms with Crippen molar-refractivity contribution in [1.82, 2.24) is 5.32 Å². The Hall–Kier alpha value is -1.85. The molecule has 0 spiro atoms. The van der Waals surface area contributed by atoms with Crippen LogP contribution in [-0.2, 0) is 10.4 Å². The van der Waals surface area contributed by atoms with Crippen LogP contribution in [0.5, 0.6) is 0 Å². The van der Waals surface area contributed by atoms with E-state index < -0.39 is 5.60 Å². The van der Waals surface area contributed by atoms with Gasteiger partial charge in [-0.25, -0.2) is 0 Å². The molecule has 2 aromatic rings. The van der Waals surface area contributed by atoms with E-state index in [9.17, 15) is 9.90 Å². The van der Waals surface area contributed by atoms with Gasteiger partial charge in [0.2, 0.25) is 5.91 Å². The van der Waals surface area contributed by atoms with Crippen molar-refractivity contribution >= 4 is 22.9 Å². The van der Waals surface area contributed by atoms with E-state index in [0.717, 1.165) is 21.7 Å². The van der Waals surface area contributed by atoms with Crippen LogP contribution >= 0.6 is 11.3 Å². The highest BCUT2D eigenvalue weighted by Crippen LogP contribution is 2.24. The third-order valence-corrected chi connectivity index (χ3v) is 4.71. The minimum Gasteiger partial charge on any atom is -0.383 e. The number of anilines is 1. The Balaban J connectivity index is 1.86. The van der Waals surface area contributed by atoms with Crippen molar-refractivity contribution in [2.75, 3.05) is 18.4 Å². The number of amides is 1. The molecule has 0 fully saturated rings. The SMILES string of the molecule is Cc1cccc(C)c1NCC(=O)NCC(C)(O)c1cccs1. The Morgan fingerprint density at radius 3 is 2.50 bits per heavy atom. The normalized spacial score (nSPS) is 13.5. The number of hydrogen-bond donors (Lipinski definition) is 3. The third kappa shape index (κ3) is 4.08. The standard InChI is InChI=1S/C17H22N2O2S/c1-12-6-4-7-13(2)16(12)18-10-15(20)19-11-17(3,21)14-8-5-9-22-14/h4-9,18,21H,10-11H2,1-3H3,(H,19,20). The molecule has 0 saturated heterocycles. The van der Waals surface area contributed by atoms with Gasteiger partial charge in [-0.2, -0.15) is 0 Å². The molecule has 1 heterocycles. The third-order valence-electron chi connectivity index (χ3n) is 3.59. The van der Waals surface area contributed by atoms with Gasteiger partial charge in [0, 0.05) is 10.6 Å². The summed E-state index contributed by atoms with van der Waals surface area (Å²) in [7, 11) is 0. The van der Waals surface area contributed by atoms with Crippen molar-refractivity contribution in [2.45, 2.75) is 26.4 Å². The van der Waals surface area contributed by atoms with Gasteiger partial charge in [-0.05, 0) is 43.3 Å². The van der Waals surface area contributed by atoms with Crippen molar-refractivity contribution in [3.8, 4) is 0 Å². The number of benzene rings is 1. The molecule has 1 unspecified atom stereocenters. The molecule has 0 radical (unpaired) electrons. The molecule has 0 aliphatic carbocycles. The topological polar surface area (TPSA) is 61.4 Å². The Kier molecular flexibility index (Phi) is 5.21. The van der Waals surface area contributed by atoms with Crippen LogP contribution in [-0.4, -0.2) is 24.1 Å². The van der Waals surface area contributed by atoms with Crippen molar-refractivity contribution in [3.63, 3.8) is 0 Å². The summed E-state index contributed by atoms with van der Waals surface area (Å²) in [6.45, 7) is 6.11. The minimum absolute atomic E-state index is 0.139. The number of carbonyl (C=O) groups is 1. The highest BCUT2D eigenvalue weighted by molar-refractivity contribution is 7.10. The van der Waals surface area contributed by atoms with Crippen LogP contribution < -0.4 is 10.6 Å². The molecule has 1 aromatic carbocycles. The lowest BCUT2D eigenvalue weighted by Gasteiger charge is -2.22. The summed E-state index contributed by atoms with van der Waals surface area (Å²) in [6, 6.07) is 9.77. The molecule has 1 atom stereocenters. The van der Waals surface area contributed by atoms with Crippen molar-refractivity contribution < 1.29 is 9.90 Å². The highest BCUT2D eigenvalue weighted by atomic mass is 32.1. The second-order valence-corrected chi connectivity index (χ2v) is 6.60. The fourth-order valence-corrected chi connectivity index (χ4v) is 3.05. The van der Waals surface area contributed by atoms with Crippen LogP contribution in [0.3, 0.4) is 0 Å². The Morgan fingerprint density at radius 1 is 1.23 bits per heavy atom. The van der Waals surface area contributed by atoms with Gasteiger partial charge in [-0.3, -0.25) is 4.79 Å². The Bertz CT molecular complexity index is 616. The average molecular weight is 318 g/mol. The lowest BCUT2D eigenvalue weighted by atomic mass is 10.1. The van der Waals surface area contributed by atoms with Crippen LogP contribution in [0.2, 0.25) is 0 Å². The number of rotatable bonds is 6. The largest absolute Gasteiger partial charge is 0.383 e. The summed E-state index contributed by atoms with van der Waals surface area (Å²) in [5.41, 5.74) is 2.17. The highest BCUT2D eigenvalue weighted by Gasteiger charge is 2.24. The predicted octanol–water partition coefficient (Wildman–Crippen LogP) is 2.80. The van der Waals surface area contributed by atoms with Gasteiger partial charge in [0.05, 0.1) is 13.1 Å². The van der Waals surface area contributed by atoms with E-state index >= 15 is 0 Å². The van der Waals surface area contributed by atoms with E-state index in [1.807, 2.05) is 49.6 Å². The molecular formula is C17H22N2O2S. The molecule has 1 amide bonds. The summed E-state index contributed by atoms with van der Waals surface area (Å²) in [6.07, 6.45) is 0. The lowest BCUT2D eigenvalue weighted by Crippen LogP contribution is -2.40. The summed E-state index contributed by atoms with van der Waals surface area (Å²) in [5, 5.41) is 18.2. The lowest BCUT2D eigenvalue weighted by molar-refractivity contribution is -0.120. The number of nitrogens with one attached hydrogen (secondary N) is 2. The zero-order valence-corrected chi connectivity index (χ0v) is 14.0. The van der Waals surface area contributed by atoms with E-state index in [1.165, 1.54) is 11.3 Å². The summed E-state index contributed by atoms with van der Waals surface area (Å²) < 4.78 is 0. The zero-order chi connectivity index (χ0) is 16.2. The average Bonchev–Trinajstić information content (AvgIpc) is 3.00. The quantitative estimate of drug-likeness (QED) is 0.767. The van der Waals surface area contributed by atoms with E-state index in [4.69, 9.17) is 0 Å². The summed E-state index contributed by atoms with van der Waals surface area (Å²) >= 11 is 1.48. The number of carbonyl (C=O) groups excluding carboxylic acids is 1. The first-order chi connectivity index (χ1) is 10.4. The van der Waals surface area contributed by atoms with E-state index in [0.29, 0.717) is 0 Å². The number of thiophene rings is 1. The van der Waals surface area contributed by atoms with Gasteiger partial charge in [0.25, 0.3) is 0 Å². The molecule has 3 N–H and O–H groups in total. The van der Waals surface area contributed by atoms with Crippen molar-refractivity contribution in [1.29, 1.82) is 0 Å². The zero-order valence-electron chi connectivity index (χ0n) is 13.1. The maximum atomic E-state index is 12.0. The molecule has 4 nitrogen and oxygen atoms in total. The Morgan fingerprint density at radius 2 is 1.91 bits per heavy atom. The number of hydrogen-bond acceptors (Lipinski definition) is 4. The van der Waals surface area contributed by atoms with Gasteiger partial charge >= 0.3 is 0 Å². The molecule has 0 aliphatic heterocycles. The Labute approximate surface area is 135 Å². The minimum atomic E-state index is -1.04. The fraction of sp³-hybridized carbons (Fsp3) is 0.353. The smallest absolute Gasteiger partial charge is 0.239 e. The maximum Gasteiger partial charge on any atom is 0.239 e. The first-order valence-corrected chi connectivity index (χ1v) is 8.11. The van der Waals surface area contributed by atoms with E-state index in [1.54, 1.807) is 6.92 Å². The van der Waals surface area contributed by atoms with Gasteiger partial charge in [-0.1, -0.05) is 24.3 Å². The fourth-order valence-electron chi connectivity index (χ4n) is 2.27. The molecule has 0 bridgehead atoms. The first-order valence-electron chi connectivity index (χ1n) is 7.23. The molecule has 5 heteroatoms. The number of aliphatic hydroxyl groups is 1. The van der Waals surface area contributed by atoms with Gasteiger partial charge in [0.15, 0.2) is 0 Å². The van der Waals surface area contributed by atoms with Gasteiger partial charge < -0.3 is 15.7 Å². The molecule has 0 saturated carbocycles. The molecule has 118 valence electrons. The second kappa shape index (κ2) is 6.94. The molecule has 1 aromatic heterocycles. The van der Waals surface area contributed by atoms with Crippen LogP contribution in [0.25, 0.3) is 0 Å². The van der Waals surface area contributed by atoms with E-state index in [2.05, 4.69) is 10.6 Å². The first kappa shape index (κ1) is 16.5. The maximum absolute atomic E-state index is 12.0. The van der Waals surface area contributed by atoms with Crippen LogP contribution in [0.1, 0.15) is 22.9 Å². The molecule has 2 rings (SSSR count). The number of para-hydroxylation sites is 1. The second-order valence-electron chi connectivity index (χ2n) is 5.65. The summed E-state index contributed by atoms with van der Waals surface area (Å²) in [5.74, 6) is -0.139. The molecule has 0 aliphatic rings. The predicted molar refractivity (Wildman–Crippen MR) is 91.3 cm³/mol. The monoisotopic (exact) mass is 318 g/mol. The van der Waals surface area contributed by atoms with Crippen LogP contribution in [0.15, 0.2) is 35.7 Å². The van der Waals surface area contributed by atoms with Crippen LogP contribution in [0, 0.1) is 13.8 Å². The number of aryl methyl sites for hydroxylation is 2. The van der Waals surface area contributed by atoms with Crippen molar-refractivity contribution in [2.24, 2.45) is 0 Å². The van der Waals surface area contributed by atoms with Gasteiger partial charge in [-0.15, -0.1) is 11.3 Å².